The Balaban J connectivity index is 1.77. The van der Waals surface area contributed by atoms with Crippen LogP contribution in [0.5, 0.6) is 11.5 Å². The van der Waals surface area contributed by atoms with Gasteiger partial charge in [0.15, 0.2) is 0 Å². The van der Waals surface area contributed by atoms with Crippen LogP contribution in [0.15, 0.2) is 90.3 Å². The first-order valence-corrected chi connectivity index (χ1v) is 12.2. The molecule has 0 aliphatic heterocycles. The summed E-state index contributed by atoms with van der Waals surface area (Å²) in [5.74, 6) is 1.09. The number of anilines is 1. The average Bonchev–Trinajstić information content (AvgIpc) is 2.84. The number of carbonyl (C=O) groups is 1. The van der Waals surface area contributed by atoms with Crippen molar-refractivity contribution in [2.45, 2.75) is 18.4 Å². The van der Waals surface area contributed by atoms with Crippen molar-refractivity contribution in [2.75, 3.05) is 25.0 Å². The van der Waals surface area contributed by atoms with Crippen molar-refractivity contribution in [3.8, 4) is 11.5 Å². The summed E-state index contributed by atoms with van der Waals surface area (Å²) in [6.07, 6.45) is 1.65. The van der Waals surface area contributed by atoms with E-state index >= 15 is 0 Å². The highest BCUT2D eigenvalue weighted by molar-refractivity contribution is 7.92. The van der Waals surface area contributed by atoms with Crippen LogP contribution in [0.2, 0.25) is 0 Å². The lowest BCUT2D eigenvalue weighted by Crippen LogP contribution is -2.30. The molecular formula is C26H28N2O5S. The molecule has 0 radical (unpaired) electrons. The highest BCUT2D eigenvalue weighted by Gasteiger charge is 2.18. The smallest absolute Gasteiger partial charge is 0.261 e. The molecule has 0 aliphatic rings. The van der Waals surface area contributed by atoms with Gasteiger partial charge in [0.2, 0.25) is 0 Å². The second kappa shape index (κ2) is 11.4. The summed E-state index contributed by atoms with van der Waals surface area (Å²) >= 11 is 0. The zero-order valence-corrected chi connectivity index (χ0v) is 20.0. The lowest BCUT2D eigenvalue weighted by atomic mass is 10.1. The summed E-state index contributed by atoms with van der Waals surface area (Å²) in [6, 6.07) is 20.0. The molecule has 3 aromatic carbocycles. The van der Waals surface area contributed by atoms with Crippen molar-refractivity contribution >= 4 is 21.6 Å². The van der Waals surface area contributed by atoms with Gasteiger partial charge in [-0.05, 0) is 67.1 Å². The zero-order chi connectivity index (χ0) is 24.6. The Kier molecular flexibility index (Phi) is 8.32. The van der Waals surface area contributed by atoms with Crippen molar-refractivity contribution in [1.29, 1.82) is 0 Å². The number of benzene rings is 3. The van der Waals surface area contributed by atoms with Gasteiger partial charge >= 0.3 is 0 Å². The van der Waals surface area contributed by atoms with Crippen LogP contribution in [0, 0.1) is 0 Å². The summed E-state index contributed by atoms with van der Waals surface area (Å²) in [7, 11) is -2.23. The lowest BCUT2D eigenvalue weighted by Gasteiger charge is -2.22. The maximum Gasteiger partial charge on any atom is 0.261 e. The third-order valence-electron chi connectivity index (χ3n) is 4.98. The van der Waals surface area contributed by atoms with E-state index in [1.54, 1.807) is 48.4 Å². The maximum atomic E-state index is 13.2. The second-order valence-electron chi connectivity index (χ2n) is 7.41. The van der Waals surface area contributed by atoms with E-state index in [1.165, 1.54) is 18.2 Å². The quantitative estimate of drug-likeness (QED) is 0.401. The molecule has 178 valence electrons. The number of ether oxygens (including phenoxy) is 2. The van der Waals surface area contributed by atoms with Gasteiger partial charge in [-0.2, -0.15) is 0 Å². The Labute approximate surface area is 200 Å². The number of amides is 1. The molecule has 0 fully saturated rings. The van der Waals surface area contributed by atoms with Crippen LogP contribution in [-0.2, 0) is 16.6 Å². The van der Waals surface area contributed by atoms with Crippen molar-refractivity contribution in [1.82, 2.24) is 4.90 Å². The average molecular weight is 481 g/mol. The van der Waals surface area contributed by atoms with Crippen LogP contribution in [0.25, 0.3) is 0 Å². The number of hydrogen-bond acceptors (Lipinski definition) is 5. The van der Waals surface area contributed by atoms with Crippen molar-refractivity contribution in [3.05, 3.63) is 96.6 Å². The highest BCUT2D eigenvalue weighted by Crippen LogP contribution is 2.21. The van der Waals surface area contributed by atoms with Crippen LogP contribution < -0.4 is 14.2 Å². The molecule has 0 aromatic heterocycles. The van der Waals surface area contributed by atoms with Gasteiger partial charge in [-0.25, -0.2) is 8.42 Å². The van der Waals surface area contributed by atoms with Crippen molar-refractivity contribution in [2.24, 2.45) is 0 Å². The fourth-order valence-electron chi connectivity index (χ4n) is 3.32. The van der Waals surface area contributed by atoms with Crippen LogP contribution in [-0.4, -0.2) is 39.5 Å². The summed E-state index contributed by atoms with van der Waals surface area (Å²) < 4.78 is 38.7. The molecule has 0 unspecified atom stereocenters. The number of nitrogens with one attached hydrogen (secondary N) is 1. The molecular weight excluding hydrogens is 452 g/mol. The van der Waals surface area contributed by atoms with Gasteiger partial charge in [0.05, 0.1) is 18.6 Å². The SMILES string of the molecule is C=CCN(Cc1ccc(OC)cc1)C(=O)c1cccc(NS(=O)(=O)c2ccc(OCC)cc2)c1. The van der Waals surface area contributed by atoms with E-state index in [0.717, 1.165) is 11.3 Å². The lowest BCUT2D eigenvalue weighted by molar-refractivity contribution is 0.0762. The Hall–Kier alpha value is -3.78. The number of rotatable bonds is 11. The number of sulfonamides is 1. The second-order valence-corrected chi connectivity index (χ2v) is 9.10. The number of hydrogen-bond donors (Lipinski definition) is 1. The van der Waals surface area contributed by atoms with E-state index in [9.17, 15) is 13.2 Å². The monoisotopic (exact) mass is 480 g/mol. The minimum Gasteiger partial charge on any atom is -0.497 e. The van der Waals surface area contributed by atoms with E-state index < -0.39 is 10.0 Å². The van der Waals surface area contributed by atoms with Crippen LogP contribution >= 0.6 is 0 Å². The van der Waals surface area contributed by atoms with Gasteiger partial charge in [-0.15, -0.1) is 6.58 Å². The minimum atomic E-state index is -3.83. The van der Waals surface area contributed by atoms with E-state index in [4.69, 9.17) is 9.47 Å². The zero-order valence-electron chi connectivity index (χ0n) is 19.2. The summed E-state index contributed by atoms with van der Waals surface area (Å²) in [5.41, 5.74) is 1.59. The molecule has 7 nitrogen and oxygen atoms in total. The first-order valence-electron chi connectivity index (χ1n) is 10.7. The van der Waals surface area contributed by atoms with Crippen LogP contribution in [0.1, 0.15) is 22.8 Å². The van der Waals surface area contributed by atoms with Crippen LogP contribution in [0.4, 0.5) is 5.69 Å². The van der Waals surface area contributed by atoms with Gasteiger partial charge < -0.3 is 14.4 Å². The normalized spacial score (nSPS) is 10.9. The molecule has 0 atom stereocenters. The molecule has 8 heteroatoms. The molecule has 34 heavy (non-hydrogen) atoms. The van der Waals surface area contributed by atoms with Crippen molar-refractivity contribution < 1.29 is 22.7 Å². The molecule has 1 amide bonds. The number of carbonyl (C=O) groups excluding carboxylic acids is 1. The predicted octanol–water partition coefficient (Wildman–Crippen LogP) is 4.72. The molecule has 0 saturated carbocycles. The molecule has 0 saturated heterocycles. The fourth-order valence-corrected chi connectivity index (χ4v) is 4.37. The van der Waals surface area contributed by atoms with Gasteiger partial charge in [0.25, 0.3) is 15.9 Å². The van der Waals surface area contributed by atoms with E-state index in [2.05, 4.69) is 11.3 Å². The number of nitrogens with zero attached hydrogens (tertiary/aromatic N) is 1. The molecule has 3 aromatic rings. The van der Waals surface area contributed by atoms with E-state index in [1.807, 2.05) is 31.2 Å². The summed E-state index contributed by atoms with van der Waals surface area (Å²) in [6.45, 7) is 6.81. The van der Waals surface area contributed by atoms with Crippen molar-refractivity contribution in [3.63, 3.8) is 0 Å². The molecule has 3 rings (SSSR count). The molecule has 0 spiro atoms. The molecule has 1 N–H and O–H groups in total. The molecule has 0 aliphatic carbocycles. The Morgan fingerprint density at radius 3 is 2.32 bits per heavy atom. The maximum absolute atomic E-state index is 13.2. The third-order valence-corrected chi connectivity index (χ3v) is 6.37. The molecule has 0 heterocycles. The first kappa shape index (κ1) is 24.9. The van der Waals surface area contributed by atoms with Gasteiger partial charge in [-0.3, -0.25) is 9.52 Å². The van der Waals surface area contributed by atoms with Gasteiger partial charge in [-0.1, -0.05) is 24.3 Å². The summed E-state index contributed by atoms with van der Waals surface area (Å²) in [5, 5.41) is 0. The standard InChI is InChI=1S/C26H28N2O5S/c1-4-17-28(19-20-9-11-23(32-3)12-10-20)26(29)21-7-6-8-22(18-21)27-34(30,31)25-15-13-24(14-16-25)33-5-2/h4,6-16,18,27H,1,5,17,19H2,2-3H3. The number of methoxy groups -OCH3 is 1. The summed E-state index contributed by atoms with van der Waals surface area (Å²) in [4.78, 5) is 14.9. The Morgan fingerprint density at radius 1 is 1.03 bits per heavy atom. The van der Waals surface area contributed by atoms with Gasteiger partial charge in [0.1, 0.15) is 11.5 Å². The van der Waals surface area contributed by atoms with E-state index in [0.29, 0.717) is 36.7 Å². The first-order chi connectivity index (χ1) is 16.4. The topological polar surface area (TPSA) is 84.9 Å². The Morgan fingerprint density at radius 2 is 1.71 bits per heavy atom. The predicted molar refractivity (Wildman–Crippen MR) is 133 cm³/mol. The molecule has 0 bridgehead atoms. The largest absolute Gasteiger partial charge is 0.497 e. The highest BCUT2D eigenvalue weighted by atomic mass is 32.2. The van der Waals surface area contributed by atoms with E-state index in [-0.39, 0.29) is 10.8 Å². The van der Waals surface area contributed by atoms with Crippen LogP contribution in [0.3, 0.4) is 0 Å². The third kappa shape index (κ3) is 6.39. The minimum absolute atomic E-state index is 0.0977. The Bertz CT molecular complexity index is 1220. The fraction of sp³-hybridized carbons (Fsp3) is 0.192. The van der Waals surface area contributed by atoms with Gasteiger partial charge in [0, 0.05) is 24.3 Å².